The van der Waals surface area contributed by atoms with E-state index in [1.807, 2.05) is 6.92 Å². The van der Waals surface area contributed by atoms with Gasteiger partial charge in [0.25, 0.3) is 0 Å². The van der Waals surface area contributed by atoms with E-state index in [1.165, 1.54) is 24.3 Å². The second kappa shape index (κ2) is 12.1. The number of benzene rings is 2. The van der Waals surface area contributed by atoms with E-state index in [4.69, 9.17) is 5.14 Å². The van der Waals surface area contributed by atoms with Crippen molar-refractivity contribution in [2.24, 2.45) is 5.14 Å². The number of sulfonamides is 2. The highest BCUT2D eigenvalue weighted by molar-refractivity contribution is 9.10. The Hall–Kier alpha value is -2.62. The second-order valence-electron chi connectivity index (χ2n) is 7.81. The van der Waals surface area contributed by atoms with Crippen molar-refractivity contribution in [2.75, 3.05) is 23.8 Å². The molecule has 0 fully saturated rings. The van der Waals surface area contributed by atoms with Crippen LogP contribution in [-0.2, 0) is 26.5 Å². The van der Waals surface area contributed by atoms with Crippen molar-refractivity contribution >= 4 is 53.4 Å². The predicted molar refractivity (Wildman–Crippen MR) is 141 cm³/mol. The standard InChI is InChI=1S/C22H27BrN6O5S2/c1-2-16(14-30)27-21-20(23)13-25-22(29-21)28-17-4-3-5-19(12-17)36(33,34)26-11-10-15-6-8-18(9-7-15)35(24,31)32/h3-9,12-13,16,26,30H,2,10-11,14H2,1H3,(H2,24,31,32)(H2,25,27,28,29)/t16-/m1/s1. The molecule has 0 saturated heterocycles. The molecule has 11 nitrogen and oxygen atoms in total. The van der Waals surface area contributed by atoms with Crippen molar-refractivity contribution in [3.8, 4) is 0 Å². The third kappa shape index (κ3) is 7.69. The van der Waals surface area contributed by atoms with E-state index in [0.717, 1.165) is 5.56 Å². The SMILES string of the molecule is CC[C@H](CO)Nc1nc(Nc2cccc(S(=O)(=O)NCCc3ccc(S(N)(=O)=O)cc3)c2)ncc1Br. The number of primary sulfonamides is 1. The maximum atomic E-state index is 12.8. The summed E-state index contributed by atoms with van der Waals surface area (Å²) in [5.74, 6) is 0.745. The Morgan fingerprint density at radius 3 is 2.44 bits per heavy atom. The summed E-state index contributed by atoms with van der Waals surface area (Å²) < 4.78 is 51.4. The first-order chi connectivity index (χ1) is 17.0. The highest BCUT2D eigenvalue weighted by Crippen LogP contribution is 2.24. The molecule has 0 spiro atoms. The zero-order valence-corrected chi connectivity index (χ0v) is 22.6. The first kappa shape index (κ1) is 28.0. The van der Waals surface area contributed by atoms with E-state index >= 15 is 0 Å². The van der Waals surface area contributed by atoms with Crippen LogP contribution in [0.1, 0.15) is 18.9 Å². The van der Waals surface area contributed by atoms with Crippen LogP contribution in [0.2, 0.25) is 0 Å². The van der Waals surface area contributed by atoms with E-state index in [9.17, 15) is 21.9 Å². The molecular weight excluding hydrogens is 572 g/mol. The quantitative estimate of drug-likeness (QED) is 0.209. The van der Waals surface area contributed by atoms with Crippen molar-refractivity contribution in [1.29, 1.82) is 0 Å². The lowest BCUT2D eigenvalue weighted by Crippen LogP contribution is -2.26. The molecule has 2 aromatic carbocycles. The highest BCUT2D eigenvalue weighted by atomic mass is 79.9. The zero-order chi connectivity index (χ0) is 26.3. The van der Waals surface area contributed by atoms with E-state index < -0.39 is 20.0 Å². The summed E-state index contributed by atoms with van der Waals surface area (Å²) in [6.07, 6.45) is 2.61. The van der Waals surface area contributed by atoms with Crippen LogP contribution < -0.4 is 20.5 Å². The summed E-state index contributed by atoms with van der Waals surface area (Å²) in [6, 6.07) is 12.0. The van der Waals surface area contributed by atoms with E-state index in [1.54, 1.807) is 30.5 Å². The molecule has 0 aliphatic carbocycles. The Kier molecular flexibility index (Phi) is 9.38. The third-order valence-corrected chi connectivity index (χ3v) is 8.12. The summed E-state index contributed by atoms with van der Waals surface area (Å²) >= 11 is 3.38. The Bertz CT molecular complexity index is 1400. The number of nitrogens with zero attached hydrogens (tertiary/aromatic N) is 2. The van der Waals surface area contributed by atoms with Crippen LogP contribution >= 0.6 is 15.9 Å². The fraction of sp³-hybridized carbons (Fsp3) is 0.273. The first-order valence-electron chi connectivity index (χ1n) is 10.9. The molecule has 3 aromatic rings. The second-order valence-corrected chi connectivity index (χ2v) is 12.0. The molecule has 14 heteroatoms. The minimum Gasteiger partial charge on any atom is -0.394 e. The van der Waals surface area contributed by atoms with Gasteiger partial charge >= 0.3 is 0 Å². The lowest BCUT2D eigenvalue weighted by molar-refractivity contribution is 0.271. The number of rotatable bonds is 12. The molecule has 0 amide bonds. The number of nitrogens with two attached hydrogens (primary N) is 1. The lowest BCUT2D eigenvalue weighted by Gasteiger charge is -2.16. The van der Waals surface area contributed by atoms with E-state index in [0.29, 0.717) is 28.8 Å². The Labute approximate surface area is 218 Å². The van der Waals surface area contributed by atoms with Crippen LogP contribution in [0.4, 0.5) is 17.5 Å². The van der Waals surface area contributed by atoms with Crippen molar-refractivity contribution in [2.45, 2.75) is 35.6 Å². The maximum absolute atomic E-state index is 12.8. The predicted octanol–water partition coefficient (Wildman–Crippen LogP) is 2.33. The van der Waals surface area contributed by atoms with Gasteiger partial charge in [-0.25, -0.2) is 31.7 Å². The van der Waals surface area contributed by atoms with Gasteiger partial charge in [-0.1, -0.05) is 25.1 Å². The van der Waals surface area contributed by atoms with E-state index in [2.05, 4.69) is 41.3 Å². The fourth-order valence-electron chi connectivity index (χ4n) is 3.13. The van der Waals surface area contributed by atoms with Crippen molar-refractivity contribution in [1.82, 2.24) is 14.7 Å². The molecule has 0 bridgehead atoms. The van der Waals surface area contributed by atoms with Gasteiger partial charge in [-0.3, -0.25) is 0 Å². The Morgan fingerprint density at radius 1 is 1.08 bits per heavy atom. The van der Waals surface area contributed by atoms with Crippen molar-refractivity contribution in [3.05, 3.63) is 64.8 Å². The number of aliphatic hydroxyl groups excluding tert-OH is 1. The molecule has 3 rings (SSSR count). The molecule has 6 N–H and O–H groups in total. The minimum absolute atomic E-state index is 0.00706. The number of aromatic nitrogens is 2. The molecule has 1 aromatic heterocycles. The number of halogens is 1. The Morgan fingerprint density at radius 2 is 1.81 bits per heavy atom. The van der Waals surface area contributed by atoms with Crippen LogP contribution in [0.5, 0.6) is 0 Å². The summed E-state index contributed by atoms with van der Waals surface area (Å²) in [4.78, 5) is 8.65. The molecular formula is C22H27BrN6O5S2. The van der Waals surface area contributed by atoms with Crippen molar-refractivity contribution in [3.63, 3.8) is 0 Å². The summed E-state index contributed by atoms with van der Waals surface area (Å²) in [6.45, 7) is 2.00. The highest BCUT2D eigenvalue weighted by Gasteiger charge is 2.15. The zero-order valence-electron chi connectivity index (χ0n) is 19.3. The van der Waals surface area contributed by atoms with Crippen LogP contribution in [-0.4, -0.2) is 51.1 Å². The molecule has 1 heterocycles. The molecule has 0 aliphatic rings. The summed E-state index contributed by atoms with van der Waals surface area (Å²) in [7, 11) is -7.59. The molecule has 36 heavy (non-hydrogen) atoms. The topological polar surface area (TPSA) is 176 Å². The van der Waals surface area contributed by atoms with Gasteiger partial charge in [0.1, 0.15) is 5.82 Å². The van der Waals surface area contributed by atoms with E-state index in [-0.39, 0.29) is 34.9 Å². The average molecular weight is 600 g/mol. The van der Waals surface area contributed by atoms with Gasteiger partial charge < -0.3 is 15.7 Å². The smallest absolute Gasteiger partial charge is 0.240 e. The molecule has 0 radical (unpaired) electrons. The monoisotopic (exact) mass is 598 g/mol. The molecule has 0 saturated carbocycles. The number of anilines is 3. The van der Waals surface area contributed by atoms with Gasteiger partial charge in [0.05, 0.1) is 26.9 Å². The largest absolute Gasteiger partial charge is 0.394 e. The fourth-order valence-corrected chi connectivity index (χ4v) is 5.03. The van der Waals surface area contributed by atoms with Crippen LogP contribution in [0, 0.1) is 0 Å². The molecule has 0 unspecified atom stereocenters. The van der Waals surface area contributed by atoms with Crippen LogP contribution in [0.15, 0.2) is 69.0 Å². The third-order valence-electron chi connectivity index (χ3n) is 5.16. The first-order valence-corrected chi connectivity index (χ1v) is 14.7. The summed E-state index contributed by atoms with van der Waals surface area (Å²) in [5, 5.41) is 20.6. The molecule has 1 atom stereocenters. The van der Waals surface area contributed by atoms with Gasteiger partial charge in [0.2, 0.25) is 26.0 Å². The number of hydrogen-bond acceptors (Lipinski definition) is 9. The van der Waals surface area contributed by atoms with Gasteiger partial charge in [0, 0.05) is 18.4 Å². The molecule has 0 aliphatic heterocycles. The normalized spacial score (nSPS) is 12.8. The number of hydrogen-bond donors (Lipinski definition) is 5. The lowest BCUT2D eigenvalue weighted by atomic mass is 10.2. The van der Waals surface area contributed by atoms with Crippen LogP contribution in [0.25, 0.3) is 0 Å². The average Bonchev–Trinajstić information content (AvgIpc) is 2.84. The number of aliphatic hydroxyl groups is 1. The molecule has 194 valence electrons. The van der Waals surface area contributed by atoms with Crippen molar-refractivity contribution < 1.29 is 21.9 Å². The van der Waals surface area contributed by atoms with Gasteiger partial charge in [-0.05, 0) is 64.7 Å². The maximum Gasteiger partial charge on any atom is 0.240 e. The van der Waals surface area contributed by atoms with Crippen LogP contribution in [0.3, 0.4) is 0 Å². The summed E-state index contributed by atoms with van der Waals surface area (Å²) in [5.41, 5.74) is 1.22. The van der Waals surface area contributed by atoms with Gasteiger partial charge in [-0.15, -0.1) is 0 Å². The number of nitrogens with one attached hydrogen (secondary N) is 3. The van der Waals surface area contributed by atoms with Gasteiger partial charge in [0.15, 0.2) is 0 Å². The Balaban J connectivity index is 1.66. The van der Waals surface area contributed by atoms with Gasteiger partial charge in [-0.2, -0.15) is 4.98 Å². The minimum atomic E-state index is -3.81.